The van der Waals surface area contributed by atoms with Crippen LogP contribution in [0, 0.1) is 18.6 Å². The molecule has 2 rings (SSSR count). The number of nitrogens with zero attached hydrogens (tertiary/aromatic N) is 2. The molecule has 5 nitrogen and oxygen atoms in total. The molecule has 1 aromatic carbocycles. The zero-order chi connectivity index (χ0) is 16.3. The maximum absolute atomic E-state index is 13.1. The normalized spacial score (nSPS) is 10.4. The molecule has 0 saturated heterocycles. The van der Waals surface area contributed by atoms with E-state index in [-0.39, 0.29) is 17.5 Å². The summed E-state index contributed by atoms with van der Waals surface area (Å²) in [6, 6.07) is 4.75. The number of aryl methyl sites for hydroxylation is 1. The molecule has 7 heteroatoms. The first kappa shape index (κ1) is 15.8. The average Bonchev–Trinajstić information content (AvgIpc) is 2.51. The summed E-state index contributed by atoms with van der Waals surface area (Å²) in [5.41, 5.74) is 0.888. The van der Waals surface area contributed by atoms with Gasteiger partial charge < -0.3 is 4.74 Å². The molecule has 0 fully saturated rings. The highest BCUT2D eigenvalue weighted by atomic mass is 19.2. The second-order valence-corrected chi connectivity index (χ2v) is 4.51. The number of amides is 1. The van der Waals surface area contributed by atoms with Gasteiger partial charge in [0.05, 0.1) is 12.7 Å². The maximum atomic E-state index is 13.1. The summed E-state index contributed by atoms with van der Waals surface area (Å²) in [5.74, 6) is -2.02. The first-order valence-corrected chi connectivity index (χ1v) is 6.34. The fourth-order valence-electron chi connectivity index (χ4n) is 1.70. The van der Waals surface area contributed by atoms with Crippen molar-refractivity contribution < 1.29 is 23.1 Å². The second kappa shape index (κ2) is 6.48. The van der Waals surface area contributed by atoms with Crippen molar-refractivity contribution in [2.45, 2.75) is 6.92 Å². The van der Waals surface area contributed by atoms with Gasteiger partial charge in [-0.25, -0.2) is 18.8 Å². The van der Waals surface area contributed by atoms with Crippen molar-refractivity contribution in [3.63, 3.8) is 0 Å². The average molecular weight is 308 g/mol. The lowest BCUT2D eigenvalue weighted by atomic mass is 10.2. The molecular weight excluding hydrogens is 294 g/mol. The van der Waals surface area contributed by atoms with E-state index in [1.165, 1.54) is 26.4 Å². The molecule has 0 saturated carbocycles. The highest BCUT2D eigenvalue weighted by Gasteiger charge is 2.14. The number of carbonyl (C=O) groups is 1. The Morgan fingerprint density at radius 3 is 2.55 bits per heavy atom. The van der Waals surface area contributed by atoms with Crippen LogP contribution in [-0.2, 0) is 4.84 Å². The highest BCUT2D eigenvalue weighted by molar-refractivity contribution is 5.93. The van der Waals surface area contributed by atoms with Gasteiger partial charge >= 0.3 is 0 Å². The fourth-order valence-corrected chi connectivity index (χ4v) is 1.70. The minimum Gasteiger partial charge on any atom is -0.439 e. The number of pyridine rings is 1. The summed E-state index contributed by atoms with van der Waals surface area (Å²) < 4.78 is 31.4. The predicted octanol–water partition coefficient (Wildman–Crippen LogP) is 3.09. The molecule has 0 bridgehead atoms. The Morgan fingerprint density at radius 2 is 1.95 bits per heavy atom. The molecule has 22 heavy (non-hydrogen) atoms. The highest BCUT2D eigenvalue weighted by Crippen LogP contribution is 2.25. The van der Waals surface area contributed by atoms with Crippen LogP contribution in [0.25, 0.3) is 0 Å². The van der Waals surface area contributed by atoms with E-state index in [0.29, 0.717) is 11.1 Å². The van der Waals surface area contributed by atoms with Crippen molar-refractivity contribution in [1.82, 2.24) is 10.0 Å². The fraction of sp³-hybridized carbons (Fsp3) is 0.200. The van der Waals surface area contributed by atoms with Crippen LogP contribution in [0.4, 0.5) is 8.78 Å². The van der Waals surface area contributed by atoms with E-state index in [4.69, 9.17) is 9.57 Å². The monoisotopic (exact) mass is 308 g/mol. The Bertz CT molecular complexity index is 707. The molecule has 0 atom stereocenters. The first-order valence-electron chi connectivity index (χ1n) is 6.34. The number of hydrogen-bond acceptors (Lipinski definition) is 4. The van der Waals surface area contributed by atoms with E-state index in [1.54, 1.807) is 13.0 Å². The van der Waals surface area contributed by atoms with Crippen molar-refractivity contribution in [3.05, 3.63) is 53.2 Å². The van der Waals surface area contributed by atoms with Gasteiger partial charge in [-0.15, -0.1) is 0 Å². The number of halogens is 2. The lowest BCUT2D eigenvalue weighted by Crippen LogP contribution is -2.25. The molecule has 0 aliphatic carbocycles. The van der Waals surface area contributed by atoms with Crippen LogP contribution in [-0.4, -0.2) is 30.1 Å². The summed E-state index contributed by atoms with van der Waals surface area (Å²) in [5, 5.41) is 1.06. The van der Waals surface area contributed by atoms with E-state index in [2.05, 4.69) is 4.98 Å². The van der Waals surface area contributed by atoms with Crippen molar-refractivity contribution >= 4 is 5.91 Å². The Morgan fingerprint density at radius 1 is 1.23 bits per heavy atom. The Labute approximate surface area is 126 Å². The lowest BCUT2D eigenvalue weighted by molar-refractivity contribution is -0.0757. The van der Waals surface area contributed by atoms with E-state index in [0.717, 1.165) is 17.2 Å². The topological polar surface area (TPSA) is 51.7 Å². The second-order valence-electron chi connectivity index (χ2n) is 4.51. The molecule has 116 valence electrons. The number of benzene rings is 1. The van der Waals surface area contributed by atoms with E-state index < -0.39 is 11.6 Å². The lowest BCUT2D eigenvalue weighted by Gasteiger charge is -2.14. The van der Waals surface area contributed by atoms with Crippen molar-refractivity contribution in [2.24, 2.45) is 0 Å². The standard InChI is InChI=1S/C15H14F2N2O3/c1-9-6-10(15(20)19(2)21-3)8-18-14(9)22-11-4-5-12(16)13(17)7-11/h4-8H,1-3H3. The van der Waals surface area contributed by atoms with Gasteiger partial charge in [0.2, 0.25) is 5.88 Å². The van der Waals surface area contributed by atoms with Gasteiger partial charge in [-0.1, -0.05) is 0 Å². The minimum absolute atomic E-state index is 0.114. The predicted molar refractivity (Wildman–Crippen MR) is 74.5 cm³/mol. The zero-order valence-corrected chi connectivity index (χ0v) is 12.3. The van der Waals surface area contributed by atoms with Gasteiger partial charge in [0.25, 0.3) is 5.91 Å². The van der Waals surface area contributed by atoms with E-state index in [1.807, 2.05) is 0 Å². The van der Waals surface area contributed by atoms with Crippen LogP contribution < -0.4 is 4.74 Å². The Hall–Kier alpha value is -2.54. The number of carbonyl (C=O) groups excluding carboxylic acids is 1. The first-order chi connectivity index (χ1) is 10.4. The Balaban J connectivity index is 2.23. The van der Waals surface area contributed by atoms with Crippen molar-refractivity contribution in [1.29, 1.82) is 0 Å². The number of hydrogen-bond donors (Lipinski definition) is 0. The minimum atomic E-state index is -1.01. The van der Waals surface area contributed by atoms with Gasteiger partial charge in [-0.2, -0.15) is 0 Å². The third kappa shape index (κ3) is 3.37. The van der Waals surface area contributed by atoms with E-state index in [9.17, 15) is 13.6 Å². The van der Waals surface area contributed by atoms with Gasteiger partial charge in [0.1, 0.15) is 5.75 Å². The number of hydroxylamine groups is 2. The van der Waals surface area contributed by atoms with Crippen LogP contribution in [0.5, 0.6) is 11.6 Å². The number of rotatable bonds is 4. The molecule has 0 aliphatic rings. The molecule has 2 aromatic rings. The van der Waals surface area contributed by atoms with Gasteiger partial charge in [-0.3, -0.25) is 9.63 Å². The quantitative estimate of drug-likeness (QED) is 0.815. The largest absolute Gasteiger partial charge is 0.439 e. The molecule has 0 radical (unpaired) electrons. The molecule has 0 unspecified atom stereocenters. The molecular formula is C15H14F2N2O3. The molecule has 1 amide bonds. The van der Waals surface area contributed by atoms with Crippen molar-refractivity contribution in [3.8, 4) is 11.6 Å². The number of aromatic nitrogens is 1. The summed E-state index contributed by atoms with van der Waals surface area (Å²) in [6.07, 6.45) is 1.32. The van der Waals surface area contributed by atoms with Crippen LogP contribution in [0.1, 0.15) is 15.9 Å². The molecule has 0 spiro atoms. The molecule has 0 aliphatic heterocycles. The summed E-state index contributed by atoms with van der Waals surface area (Å²) in [4.78, 5) is 20.7. The zero-order valence-electron chi connectivity index (χ0n) is 12.3. The third-order valence-electron chi connectivity index (χ3n) is 2.94. The van der Waals surface area contributed by atoms with Crippen LogP contribution in [0.2, 0.25) is 0 Å². The SMILES string of the molecule is CON(C)C(=O)c1cnc(Oc2ccc(F)c(F)c2)c(C)c1. The van der Waals surface area contributed by atoms with Gasteiger partial charge in [0.15, 0.2) is 11.6 Å². The molecule has 1 aromatic heterocycles. The van der Waals surface area contributed by atoms with Gasteiger partial charge in [-0.05, 0) is 25.1 Å². The summed E-state index contributed by atoms with van der Waals surface area (Å²) >= 11 is 0. The maximum Gasteiger partial charge on any atom is 0.278 e. The molecule has 1 heterocycles. The van der Waals surface area contributed by atoms with Crippen molar-refractivity contribution in [2.75, 3.05) is 14.2 Å². The van der Waals surface area contributed by atoms with Crippen LogP contribution >= 0.6 is 0 Å². The smallest absolute Gasteiger partial charge is 0.278 e. The summed E-state index contributed by atoms with van der Waals surface area (Å²) in [7, 11) is 2.85. The van der Waals surface area contributed by atoms with Crippen LogP contribution in [0.15, 0.2) is 30.5 Å². The van der Waals surface area contributed by atoms with Crippen LogP contribution in [0.3, 0.4) is 0 Å². The molecule has 0 N–H and O–H groups in total. The van der Waals surface area contributed by atoms with E-state index >= 15 is 0 Å². The Kier molecular flexibility index (Phi) is 4.67. The number of ether oxygens (including phenoxy) is 1. The third-order valence-corrected chi connectivity index (χ3v) is 2.94. The summed E-state index contributed by atoms with van der Waals surface area (Å²) in [6.45, 7) is 1.69. The van der Waals surface area contributed by atoms with Gasteiger partial charge in [0, 0.05) is 24.9 Å².